The summed E-state index contributed by atoms with van der Waals surface area (Å²) in [7, 11) is 0. The molecule has 1 saturated heterocycles. The fourth-order valence-electron chi connectivity index (χ4n) is 2.13. The van der Waals surface area contributed by atoms with Crippen LogP contribution in [-0.4, -0.2) is 41.5 Å². The third kappa shape index (κ3) is 3.32. The van der Waals surface area contributed by atoms with Gasteiger partial charge in [-0.2, -0.15) is 0 Å². The number of benzene rings is 1. The van der Waals surface area contributed by atoms with E-state index in [0.717, 1.165) is 12.0 Å². The molecule has 1 atom stereocenters. The Morgan fingerprint density at radius 3 is 2.63 bits per heavy atom. The van der Waals surface area contributed by atoms with Crippen LogP contribution in [0.2, 0.25) is 0 Å². The molecule has 2 N–H and O–H groups in total. The molecule has 0 radical (unpaired) electrons. The Kier molecular flexibility index (Phi) is 4.16. The van der Waals surface area contributed by atoms with Gasteiger partial charge in [0.15, 0.2) is 0 Å². The summed E-state index contributed by atoms with van der Waals surface area (Å²) in [4.78, 5) is 25.2. The van der Waals surface area contributed by atoms with E-state index in [1.54, 1.807) is 12.1 Å². The first kappa shape index (κ1) is 13.5. The van der Waals surface area contributed by atoms with Crippen LogP contribution in [0.15, 0.2) is 24.3 Å². The van der Waals surface area contributed by atoms with Crippen LogP contribution in [0, 0.1) is 12.8 Å². The molecule has 1 fully saturated rings. The summed E-state index contributed by atoms with van der Waals surface area (Å²) in [6.07, 6.45) is 0.750. The fourth-order valence-corrected chi connectivity index (χ4v) is 2.13. The Labute approximate surface area is 112 Å². The van der Waals surface area contributed by atoms with Crippen molar-refractivity contribution in [1.29, 1.82) is 0 Å². The first-order valence-corrected chi connectivity index (χ1v) is 6.38. The molecule has 1 unspecified atom stereocenters. The lowest BCUT2D eigenvalue weighted by Crippen LogP contribution is -2.38. The zero-order valence-electron chi connectivity index (χ0n) is 10.9. The van der Waals surface area contributed by atoms with Gasteiger partial charge in [0, 0.05) is 31.3 Å². The summed E-state index contributed by atoms with van der Waals surface area (Å²) >= 11 is 0. The van der Waals surface area contributed by atoms with Gasteiger partial charge in [0.1, 0.15) is 0 Å². The summed E-state index contributed by atoms with van der Waals surface area (Å²) in [6.45, 7) is 3.00. The molecule has 5 nitrogen and oxygen atoms in total. The van der Waals surface area contributed by atoms with Crippen LogP contribution in [0.5, 0.6) is 0 Å². The minimum absolute atomic E-state index is 0.0589. The van der Waals surface area contributed by atoms with Crippen LogP contribution in [0.1, 0.15) is 12.0 Å². The maximum Gasteiger partial charge on any atom is 0.313 e. The van der Waals surface area contributed by atoms with E-state index in [0.29, 0.717) is 18.8 Å². The number of amides is 2. The molecule has 102 valence electrons. The molecule has 0 bridgehead atoms. The van der Waals surface area contributed by atoms with Crippen molar-refractivity contribution in [3.05, 3.63) is 29.8 Å². The van der Waals surface area contributed by atoms with E-state index in [1.165, 1.54) is 4.90 Å². The number of aliphatic hydroxyl groups excluding tert-OH is 1. The van der Waals surface area contributed by atoms with Gasteiger partial charge in [-0.1, -0.05) is 17.7 Å². The maximum absolute atomic E-state index is 11.9. The van der Waals surface area contributed by atoms with E-state index >= 15 is 0 Å². The number of aryl methyl sites for hydroxylation is 1. The van der Waals surface area contributed by atoms with E-state index in [2.05, 4.69) is 5.32 Å². The predicted molar refractivity (Wildman–Crippen MR) is 71.6 cm³/mol. The first-order chi connectivity index (χ1) is 9.10. The molecule has 1 aromatic rings. The van der Waals surface area contributed by atoms with Crippen molar-refractivity contribution in [1.82, 2.24) is 4.90 Å². The number of likely N-dealkylation sites (tertiary alicyclic amines) is 1. The van der Waals surface area contributed by atoms with Crippen LogP contribution < -0.4 is 5.32 Å². The highest BCUT2D eigenvalue weighted by Gasteiger charge is 2.29. The van der Waals surface area contributed by atoms with Gasteiger partial charge in [-0.15, -0.1) is 0 Å². The monoisotopic (exact) mass is 262 g/mol. The standard InChI is InChI=1S/C14H18N2O3/c1-10-2-4-12(5-3-10)15-13(18)14(19)16-7-6-11(8-16)9-17/h2-5,11,17H,6-9H2,1H3,(H,15,18). The number of rotatable bonds is 2. The quantitative estimate of drug-likeness (QED) is 0.774. The maximum atomic E-state index is 11.9. The molecule has 1 aliphatic rings. The first-order valence-electron chi connectivity index (χ1n) is 6.38. The number of hydrogen-bond donors (Lipinski definition) is 2. The minimum atomic E-state index is -0.623. The topological polar surface area (TPSA) is 69.6 Å². The summed E-state index contributed by atoms with van der Waals surface area (Å²) in [5.41, 5.74) is 1.71. The van der Waals surface area contributed by atoms with Crippen molar-refractivity contribution < 1.29 is 14.7 Å². The van der Waals surface area contributed by atoms with Crippen molar-refractivity contribution in [2.24, 2.45) is 5.92 Å². The van der Waals surface area contributed by atoms with Gasteiger partial charge in [0.05, 0.1) is 0 Å². The van der Waals surface area contributed by atoms with Crippen LogP contribution >= 0.6 is 0 Å². The van der Waals surface area contributed by atoms with E-state index in [1.807, 2.05) is 19.1 Å². The summed E-state index contributed by atoms with van der Waals surface area (Å²) in [5.74, 6) is -1.06. The molecule has 0 spiro atoms. The average Bonchev–Trinajstić information content (AvgIpc) is 2.89. The van der Waals surface area contributed by atoms with E-state index in [9.17, 15) is 9.59 Å². The molecular weight excluding hydrogens is 244 g/mol. The number of aliphatic hydroxyl groups is 1. The third-order valence-corrected chi connectivity index (χ3v) is 3.33. The molecule has 5 heteroatoms. The van der Waals surface area contributed by atoms with Crippen molar-refractivity contribution >= 4 is 17.5 Å². The zero-order valence-corrected chi connectivity index (χ0v) is 10.9. The van der Waals surface area contributed by atoms with Crippen molar-refractivity contribution in [2.75, 3.05) is 25.0 Å². The van der Waals surface area contributed by atoms with Gasteiger partial charge in [0.25, 0.3) is 0 Å². The van der Waals surface area contributed by atoms with Crippen LogP contribution in [0.25, 0.3) is 0 Å². The molecule has 2 amide bonds. The van der Waals surface area contributed by atoms with Crippen LogP contribution in [0.3, 0.4) is 0 Å². The summed E-state index contributed by atoms with van der Waals surface area (Å²) in [6, 6.07) is 7.28. The summed E-state index contributed by atoms with van der Waals surface area (Å²) < 4.78 is 0. The van der Waals surface area contributed by atoms with Gasteiger partial charge in [-0.3, -0.25) is 9.59 Å². The molecule has 1 heterocycles. The molecule has 0 saturated carbocycles. The molecule has 1 aromatic carbocycles. The number of nitrogens with zero attached hydrogens (tertiary/aromatic N) is 1. The Morgan fingerprint density at radius 1 is 1.37 bits per heavy atom. The van der Waals surface area contributed by atoms with Crippen molar-refractivity contribution in [3.63, 3.8) is 0 Å². The second-order valence-corrected chi connectivity index (χ2v) is 4.91. The molecule has 0 aromatic heterocycles. The lowest BCUT2D eigenvalue weighted by molar-refractivity contribution is -0.142. The van der Waals surface area contributed by atoms with E-state index in [-0.39, 0.29) is 12.5 Å². The minimum Gasteiger partial charge on any atom is -0.396 e. The molecule has 19 heavy (non-hydrogen) atoms. The highest BCUT2D eigenvalue weighted by atomic mass is 16.3. The second-order valence-electron chi connectivity index (χ2n) is 4.91. The number of anilines is 1. The predicted octanol–water partition coefficient (Wildman–Crippen LogP) is 0.774. The largest absolute Gasteiger partial charge is 0.396 e. The highest BCUT2D eigenvalue weighted by Crippen LogP contribution is 2.16. The van der Waals surface area contributed by atoms with Gasteiger partial charge >= 0.3 is 11.8 Å². The molecular formula is C14H18N2O3. The number of hydrogen-bond acceptors (Lipinski definition) is 3. The van der Waals surface area contributed by atoms with Crippen LogP contribution in [-0.2, 0) is 9.59 Å². The normalized spacial score (nSPS) is 18.4. The number of carbonyl (C=O) groups is 2. The van der Waals surface area contributed by atoms with Gasteiger partial charge in [-0.05, 0) is 25.5 Å². The lowest BCUT2D eigenvalue weighted by Gasteiger charge is -2.15. The van der Waals surface area contributed by atoms with Crippen LogP contribution in [0.4, 0.5) is 5.69 Å². The Balaban J connectivity index is 1.93. The van der Waals surface area contributed by atoms with E-state index in [4.69, 9.17) is 5.11 Å². The number of carbonyl (C=O) groups excluding carboxylic acids is 2. The van der Waals surface area contributed by atoms with Crippen molar-refractivity contribution in [2.45, 2.75) is 13.3 Å². The third-order valence-electron chi connectivity index (χ3n) is 3.33. The van der Waals surface area contributed by atoms with Gasteiger partial charge in [0.2, 0.25) is 0 Å². The highest BCUT2D eigenvalue weighted by molar-refractivity contribution is 6.39. The Bertz CT molecular complexity index is 470. The summed E-state index contributed by atoms with van der Waals surface area (Å²) in [5, 5.41) is 11.6. The number of nitrogens with one attached hydrogen (secondary N) is 1. The smallest absolute Gasteiger partial charge is 0.313 e. The van der Waals surface area contributed by atoms with Gasteiger partial charge in [-0.25, -0.2) is 0 Å². The fraction of sp³-hybridized carbons (Fsp3) is 0.429. The van der Waals surface area contributed by atoms with Crippen molar-refractivity contribution in [3.8, 4) is 0 Å². The lowest BCUT2D eigenvalue weighted by atomic mass is 10.1. The Hall–Kier alpha value is -1.88. The second kappa shape index (κ2) is 5.84. The Morgan fingerprint density at radius 2 is 2.05 bits per heavy atom. The average molecular weight is 262 g/mol. The molecule has 0 aliphatic carbocycles. The zero-order chi connectivity index (χ0) is 13.8. The van der Waals surface area contributed by atoms with Gasteiger partial charge < -0.3 is 15.3 Å². The molecule has 1 aliphatic heterocycles. The SMILES string of the molecule is Cc1ccc(NC(=O)C(=O)N2CCC(CO)C2)cc1. The van der Waals surface area contributed by atoms with E-state index < -0.39 is 11.8 Å². The molecule has 2 rings (SSSR count).